The molecule has 0 atom stereocenters. The van der Waals surface area contributed by atoms with Crippen LogP contribution in [0.2, 0.25) is 0 Å². The van der Waals surface area contributed by atoms with Crippen LogP contribution in [0.5, 0.6) is 0 Å². The molecular formula is C55H41N. The van der Waals surface area contributed by atoms with Crippen LogP contribution in [0.4, 0.5) is 0 Å². The highest BCUT2D eigenvalue weighted by Crippen LogP contribution is 2.48. The lowest BCUT2D eigenvalue weighted by molar-refractivity contribution is 0.591. The Bertz CT molecular complexity index is 3030. The molecule has 9 aromatic carbocycles. The first kappa shape index (κ1) is 33.7. The molecule has 0 amide bonds. The first-order chi connectivity index (χ1) is 27.4. The maximum atomic E-state index is 5.21. The molecule has 0 aliphatic carbocycles. The molecule has 0 spiro atoms. The van der Waals surface area contributed by atoms with Gasteiger partial charge in [0.2, 0.25) is 0 Å². The average Bonchev–Trinajstić information content (AvgIpc) is 3.25. The van der Waals surface area contributed by atoms with Crippen molar-refractivity contribution in [2.24, 2.45) is 0 Å². The number of aromatic nitrogens is 1. The summed E-state index contributed by atoms with van der Waals surface area (Å²) < 4.78 is 0. The first-order valence-corrected chi connectivity index (χ1v) is 19.5. The monoisotopic (exact) mass is 715 g/mol. The van der Waals surface area contributed by atoms with E-state index < -0.39 is 0 Å². The SMILES string of the molecule is CC(C)(C)c1ccc2c(-c3cccc4ccccc34)c3cc(-c4cc(-c5ccccc5)nc(-c5ccccc5)c4)ccc3c(-c3cccc4ccccc34)c2c1. The average molecular weight is 716 g/mol. The Morgan fingerprint density at radius 3 is 1.32 bits per heavy atom. The molecule has 266 valence electrons. The van der Waals surface area contributed by atoms with E-state index in [0.717, 1.165) is 33.6 Å². The van der Waals surface area contributed by atoms with E-state index in [1.54, 1.807) is 0 Å². The van der Waals surface area contributed by atoms with Crippen molar-refractivity contribution in [1.29, 1.82) is 0 Å². The maximum absolute atomic E-state index is 5.21. The van der Waals surface area contributed by atoms with Gasteiger partial charge in [-0.1, -0.05) is 191 Å². The van der Waals surface area contributed by atoms with Crippen LogP contribution in [0.15, 0.2) is 194 Å². The van der Waals surface area contributed by atoms with E-state index in [-0.39, 0.29) is 5.41 Å². The fourth-order valence-electron chi connectivity index (χ4n) is 8.55. The molecule has 0 saturated carbocycles. The summed E-state index contributed by atoms with van der Waals surface area (Å²) in [6, 6.07) is 71.0. The van der Waals surface area contributed by atoms with Crippen LogP contribution in [-0.4, -0.2) is 4.98 Å². The minimum absolute atomic E-state index is 0.0170. The lowest BCUT2D eigenvalue weighted by Crippen LogP contribution is -2.10. The number of benzene rings is 9. The molecule has 0 aliphatic rings. The van der Waals surface area contributed by atoms with Crippen LogP contribution in [-0.2, 0) is 5.41 Å². The molecule has 0 bridgehead atoms. The molecule has 0 radical (unpaired) electrons. The molecule has 0 saturated heterocycles. The second-order valence-electron chi connectivity index (χ2n) is 15.9. The molecule has 10 rings (SSSR count). The van der Waals surface area contributed by atoms with Gasteiger partial charge in [0, 0.05) is 11.1 Å². The lowest BCUT2D eigenvalue weighted by Gasteiger charge is -2.24. The Kier molecular flexibility index (Phi) is 8.12. The van der Waals surface area contributed by atoms with Crippen molar-refractivity contribution in [2.45, 2.75) is 26.2 Å². The van der Waals surface area contributed by atoms with Gasteiger partial charge in [-0.2, -0.15) is 0 Å². The molecule has 1 aromatic heterocycles. The van der Waals surface area contributed by atoms with E-state index in [4.69, 9.17) is 4.98 Å². The Morgan fingerprint density at radius 1 is 0.321 bits per heavy atom. The minimum atomic E-state index is -0.0170. The zero-order chi connectivity index (χ0) is 37.8. The van der Waals surface area contributed by atoms with Gasteiger partial charge in [-0.15, -0.1) is 0 Å². The van der Waals surface area contributed by atoms with Crippen molar-refractivity contribution < 1.29 is 0 Å². The van der Waals surface area contributed by atoms with Crippen LogP contribution < -0.4 is 0 Å². The smallest absolute Gasteiger partial charge is 0.0715 e. The number of rotatable bonds is 5. The Hall–Kier alpha value is -6.83. The summed E-state index contributed by atoms with van der Waals surface area (Å²) in [4.78, 5) is 5.21. The van der Waals surface area contributed by atoms with Crippen LogP contribution in [0.3, 0.4) is 0 Å². The van der Waals surface area contributed by atoms with Gasteiger partial charge in [0.25, 0.3) is 0 Å². The Balaban J connectivity index is 1.35. The quantitative estimate of drug-likeness (QED) is 0.162. The molecule has 1 nitrogen and oxygen atoms in total. The van der Waals surface area contributed by atoms with Crippen molar-refractivity contribution >= 4 is 43.1 Å². The van der Waals surface area contributed by atoms with Gasteiger partial charge >= 0.3 is 0 Å². The zero-order valence-corrected chi connectivity index (χ0v) is 31.9. The van der Waals surface area contributed by atoms with Gasteiger partial charge in [0.1, 0.15) is 0 Å². The molecular weight excluding hydrogens is 675 g/mol. The van der Waals surface area contributed by atoms with E-state index in [0.29, 0.717) is 0 Å². The summed E-state index contributed by atoms with van der Waals surface area (Å²) >= 11 is 0. The number of hydrogen-bond donors (Lipinski definition) is 0. The molecule has 56 heavy (non-hydrogen) atoms. The summed E-state index contributed by atoms with van der Waals surface area (Å²) in [6.07, 6.45) is 0. The molecule has 0 unspecified atom stereocenters. The molecule has 0 N–H and O–H groups in total. The maximum Gasteiger partial charge on any atom is 0.0715 e. The Labute approximate surface area is 328 Å². The van der Waals surface area contributed by atoms with Crippen LogP contribution in [0.1, 0.15) is 26.3 Å². The summed E-state index contributed by atoms with van der Waals surface area (Å²) in [5.41, 5.74) is 12.8. The zero-order valence-electron chi connectivity index (χ0n) is 31.9. The van der Waals surface area contributed by atoms with Gasteiger partial charge in [-0.25, -0.2) is 4.98 Å². The van der Waals surface area contributed by atoms with Gasteiger partial charge < -0.3 is 0 Å². The van der Waals surface area contributed by atoms with E-state index in [2.05, 4.69) is 215 Å². The van der Waals surface area contributed by atoms with Crippen molar-refractivity contribution in [3.8, 4) is 55.9 Å². The third-order valence-electron chi connectivity index (χ3n) is 11.4. The normalized spacial score (nSPS) is 11.8. The van der Waals surface area contributed by atoms with Crippen molar-refractivity contribution in [1.82, 2.24) is 4.98 Å². The number of nitrogens with zero attached hydrogens (tertiary/aromatic N) is 1. The third kappa shape index (κ3) is 5.84. The lowest BCUT2D eigenvalue weighted by atomic mass is 9.80. The highest BCUT2D eigenvalue weighted by atomic mass is 14.7. The highest BCUT2D eigenvalue weighted by molar-refractivity contribution is 6.25. The first-order valence-electron chi connectivity index (χ1n) is 19.5. The summed E-state index contributed by atoms with van der Waals surface area (Å²) in [5, 5.41) is 10.00. The van der Waals surface area contributed by atoms with Crippen LogP contribution in [0, 0.1) is 0 Å². The summed E-state index contributed by atoms with van der Waals surface area (Å²) in [5.74, 6) is 0. The van der Waals surface area contributed by atoms with Gasteiger partial charge in [-0.3, -0.25) is 0 Å². The van der Waals surface area contributed by atoms with Crippen molar-refractivity contribution in [2.75, 3.05) is 0 Å². The van der Waals surface area contributed by atoms with Gasteiger partial charge in [0.05, 0.1) is 11.4 Å². The number of pyridine rings is 1. The standard InChI is InChI=1S/C55H41N/c1-55(2,3)42-29-31-48-50(35-42)54(46-27-15-23-37-17-11-13-25-44(37)46)47-30-28-40(32-49(47)53(48)45-26-14-22-36-16-10-12-24-43(36)45)41-33-51(38-18-6-4-7-19-38)56-52(34-41)39-20-8-5-9-21-39/h4-35H,1-3H3. The topological polar surface area (TPSA) is 12.9 Å². The van der Waals surface area contributed by atoms with Crippen molar-refractivity contribution in [3.05, 3.63) is 200 Å². The molecule has 1 heterocycles. The number of hydrogen-bond acceptors (Lipinski definition) is 1. The van der Waals surface area contributed by atoms with Crippen LogP contribution >= 0.6 is 0 Å². The largest absolute Gasteiger partial charge is 0.248 e. The van der Waals surface area contributed by atoms with Crippen molar-refractivity contribution in [3.63, 3.8) is 0 Å². The minimum Gasteiger partial charge on any atom is -0.248 e. The summed E-state index contributed by atoms with van der Waals surface area (Å²) in [7, 11) is 0. The predicted octanol–water partition coefficient (Wildman–Crippen LogP) is 15.3. The highest BCUT2D eigenvalue weighted by Gasteiger charge is 2.23. The van der Waals surface area contributed by atoms with Gasteiger partial charge in [0.15, 0.2) is 0 Å². The van der Waals surface area contributed by atoms with Crippen LogP contribution in [0.25, 0.3) is 99.0 Å². The predicted molar refractivity (Wildman–Crippen MR) is 240 cm³/mol. The van der Waals surface area contributed by atoms with E-state index in [1.165, 1.54) is 70.9 Å². The van der Waals surface area contributed by atoms with E-state index in [1.807, 2.05) is 0 Å². The third-order valence-corrected chi connectivity index (χ3v) is 11.4. The second kappa shape index (κ2) is 13.5. The Morgan fingerprint density at radius 2 is 0.786 bits per heavy atom. The fourth-order valence-corrected chi connectivity index (χ4v) is 8.55. The molecule has 1 heteroatoms. The molecule has 0 aliphatic heterocycles. The number of fused-ring (bicyclic) bond motifs is 4. The molecule has 0 fully saturated rings. The molecule has 10 aromatic rings. The summed E-state index contributed by atoms with van der Waals surface area (Å²) in [6.45, 7) is 6.94. The van der Waals surface area contributed by atoms with E-state index in [9.17, 15) is 0 Å². The van der Waals surface area contributed by atoms with Gasteiger partial charge in [-0.05, 0) is 112 Å². The second-order valence-corrected chi connectivity index (χ2v) is 15.9. The van der Waals surface area contributed by atoms with E-state index >= 15 is 0 Å². The fraction of sp³-hybridized carbons (Fsp3) is 0.0727.